The molecular formula is C66H36B2N4O2. The van der Waals surface area contributed by atoms with E-state index in [2.05, 4.69) is 237 Å². The van der Waals surface area contributed by atoms with Crippen molar-refractivity contribution in [3.8, 4) is 45.7 Å². The van der Waals surface area contributed by atoms with Crippen molar-refractivity contribution >= 4 is 133 Å². The van der Waals surface area contributed by atoms with Gasteiger partial charge in [0, 0.05) is 66.6 Å². The summed E-state index contributed by atoms with van der Waals surface area (Å²) in [6.07, 6.45) is 0. The van der Waals surface area contributed by atoms with Crippen LogP contribution >= 0.6 is 0 Å². The molecule has 4 aliphatic rings. The van der Waals surface area contributed by atoms with Crippen molar-refractivity contribution in [2.24, 2.45) is 0 Å². The van der Waals surface area contributed by atoms with E-state index in [4.69, 9.17) is 9.47 Å². The minimum atomic E-state index is -0.117. The second-order valence-electron chi connectivity index (χ2n) is 20.6. The molecule has 8 heteroatoms. The predicted molar refractivity (Wildman–Crippen MR) is 306 cm³/mol. The fourth-order valence-electron chi connectivity index (χ4n) is 14.5. The van der Waals surface area contributed by atoms with Crippen LogP contribution < -0.4 is 42.3 Å². The minimum absolute atomic E-state index is 0.0295. The molecule has 4 aromatic heterocycles. The smallest absolute Gasteiger partial charge is 0.256 e. The lowest BCUT2D eigenvalue weighted by molar-refractivity contribution is 0.487. The Morgan fingerprint density at radius 3 is 1.38 bits per heavy atom. The molecule has 0 fully saturated rings. The summed E-state index contributed by atoms with van der Waals surface area (Å²) >= 11 is 0. The third-order valence-corrected chi connectivity index (χ3v) is 17.2. The van der Waals surface area contributed by atoms with E-state index in [1.807, 2.05) is 0 Å². The molecule has 0 bridgehead atoms. The van der Waals surface area contributed by atoms with Crippen molar-refractivity contribution in [2.45, 2.75) is 0 Å². The number of hydrogen-bond acceptors (Lipinski definition) is 2. The van der Waals surface area contributed by atoms with Crippen molar-refractivity contribution in [2.75, 3.05) is 0 Å². The molecule has 19 rings (SSSR count). The first-order chi connectivity index (χ1) is 36.8. The number of hydrogen-bond donors (Lipinski definition) is 0. The highest BCUT2D eigenvalue weighted by Crippen LogP contribution is 2.49. The molecule has 0 unspecified atom stereocenters. The van der Waals surface area contributed by atoms with Gasteiger partial charge in [-0.05, 0) is 87.4 Å². The van der Waals surface area contributed by atoms with Gasteiger partial charge in [-0.15, -0.1) is 0 Å². The third-order valence-electron chi connectivity index (χ3n) is 17.2. The maximum Gasteiger partial charge on any atom is 0.256 e. The summed E-state index contributed by atoms with van der Waals surface area (Å²) in [4.78, 5) is 0. The minimum Gasteiger partial charge on any atom is -0.458 e. The van der Waals surface area contributed by atoms with Gasteiger partial charge in [-0.3, -0.25) is 0 Å². The summed E-state index contributed by atoms with van der Waals surface area (Å²) < 4.78 is 24.6. The highest BCUT2D eigenvalue weighted by molar-refractivity contribution is 7.00. The summed E-state index contributed by atoms with van der Waals surface area (Å²) in [6.45, 7) is -0.146. The molecule has 0 spiro atoms. The average Bonchev–Trinajstić information content (AvgIpc) is 4.32. The molecule has 0 aliphatic carbocycles. The number of fused-ring (bicyclic) bond motifs is 22. The van der Waals surface area contributed by atoms with Crippen LogP contribution in [0, 0.1) is 0 Å². The van der Waals surface area contributed by atoms with Gasteiger partial charge in [0.1, 0.15) is 23.0 Å². The van der Waals surface area contributed by atoms with Crippen molar-refractivity contribution in [3.63, 3.8) is 0 Å². The summed E-state index contributed by atoms with van der Waals surface area (Å²) in [5.41, 5.74) is 21.3. The largest absolute Gasteiger partial charge is 0.458 e. The first-order valence-electron chi connectivity index (χ1n) is 25.7. The van der Waals surface area contributed by atoms with Crippen LogP contribution in [-0.4, -0.2) is 31.7 Å². The van der Waals surface area contributed by atoms with Crippen LogP contribution in [0.4, 0.5) is 0 Å². The molecule has 4 aliphatic heterocycles. The van der Waals surface area contributed by atoms with Gasteiger partial charge in [0.2, 0.25) is 0 Å². The Bertz CT molecular complexity index is 5020. The van der Waals surface area contributed by atoms with E-state index in [0.717, 1.165) is 56.6 Å². The molecular weight excluding hydrogens is 902 g/mol. The molecule has 6 nitrogen and oxygen atoms in total. The van der Waals surface area contributed by atoms with Crippen molar-refractivity contribution in [3.05, 3.63) is 218 Å². The van der Waals surface area contributed by atoms with Crippen LogP contribution in [0.15, 0.2) is 218 Å². The zero-order valence-corrected chi connectivity index (χ0v) is 39.5. The maximum absolute atomic E-state index is 7.22. The molecule has 11 aromatic carbocycles. The van der Waals surface area contributed by atoms with E-state index >= 15 is 0 Å². The second kappa shape index (κ2) is 13.2. The van der Waals surface area contributed by atoms with Crippen molar-refractivity contribution < 1.29 is 9.47 Å². The van der Waals surface area contributed by atoms with Gasteiger partial charge in [0.15, 0.2) is 0 Å². The molecule has 8 heterocycles. The summed E-state index contributed by atoms with van der Waals surface area (Å²) in [5, 5.41) is 9.81. The Labute approximate surface area is 423 Å². The number of aromatic nitrogens is 4. The Morgan fingerprint density at radius 1 is 0.270 bits per heavy atom. The highest BCUT2D eigenvalue weighted by atomic mass is 16.5. The maximum atomic E-state index is 7.22. The number of benzene rings is 11. The molecule has 74 heavy (non-hydrogen) atoms. The Morgan fingerprint density at radius 2 is 0.757 bits per heavy atom. The van der Waals surface area contributed by atoms with Crippen LogP contribution in [0.5, 0.6) is 23.0 Å². The summed E-state index contributed by atoms with van der Waals surface area (Å²) in [7, 11) is 0. The molecule has 0 radical (unpaired) electrons. The van der Waals surface area contributed by atoms with E-state index in [9.17, 15) is 0 Å². The quantitative estimate of drug-likeness (QED) is 0.162. The topological polar surface area (TPSA) is 38.2 Å². The monoisotopic (exact) mass is 938 g/mol. The average molecular weight is 939 g/mol. The van der Waals surface area contributed by atoms with Gasteiger partial charge >= 0.3 is 0 Å². The predicted octanol–water partition coefficient (Wildman–Crippen LogP) is 11.9. The number of rotatable bonds is 2. The van der Waals surface area contributed by atoms with E-state index < -0.39 is 0 Å². The zero-order valence-electron chi connectivity index (χ0n) is 39.5. The lowest BCUT2D eigenvalue weighted by atomic mass is 9.34. The third kappa shape index (κ3) is 4.42. The summed E-state index contributed by atoms with van der Waals surface area (Å²) in [6, 6.07) is 80.6. The van der Waals surface area contributed by atoms with Crippen LogP contribution in [-0.2, 0) is 0 Å². The molecule has 338 valence electrons. The van der Waals surface area contributed by atoms with Crippen LogP contribution in [0.25, 0.3) is 110 Å². The van der Waals surface area contributed by atoms with Gasteiger partial charge in [-0.25, -0.2) is 0 Å². The van der Waals surface area contributed by atoms with Crippen LogP contribution in [0.1, 0.15) is 0 Å². The van der Waals surface area contributed by atoms with E-state index in [1.165, 1.54) is 109 Å². The molecule has 15 aromatic rings. The fraction of sp³-hybridized carbons (Fsp3) is 0. The Kier molecular flexibility index (Phi) is 6.82. The van der Waals surface area contributed by atoms with Gasteiger partial charge in [0.05, 0.1) is 55.5 Å². The highest BCUT2D eigenvalue weighted by Gasteiger charge is 2.45. The van der Waals surface area contributed by atoms with Gasteiger partial charge in [0.25, 0.3) is 13.4 Å². The SMILES string of the molecule is c1ccc2c(c1)Oc1cc(-n3c4ccccc4c4ccccc43)cc3c1B2c1cc2c4c(-n5c6ccccc6c6ccccc65)cc5c6c4n(c2c2c4ccccc4n-3c12)-c1ccccc1B6c1ccccc1O5. The van der Waals surface area contributed by atoms with Crippen LogP contribution in [0.3, 0.4) is 0 Å². The van der Waals surface area contributed by atoms with Crippen LogP contribution in [0.2, 0.25) is 0 Å². The van der Waals surface area contributed by atoms with E-state index in [1.54, 1.807) is 0 Å². The lowest BCUT2D eigenvalue weighted by Crippen LogP contribution is -2.58. The summed E-state index contributed by atoms with van der Waals surface area (Å²) in [5.74, 6) is 3.57. The normalized spacial score (nSPS) is 13.6. The van der Waals surface area contributed by atoms with Gasteiger partial charge < -0.3 is 27.7 Å². The first kappa shape index (κ1) is 38.1. The lowest BCUT2D eigenvalue weighted by Gasteiger charge is -2.34. The van der Waals surface area contributed by atoms with Gasteiger partial charge in [-0.2, -0.15) is 0 Å². The fourth-order valence-corrected chi connectivity index (χ4v) is 14.5. The first-order valence-corrected chi connectivity index (χ1v) is 25.7. The zero-order chi connectivity index (χ0) is 47.7. The Hall–Kier alpha value is -9.65. The molecule has 0 N–H and O–H groups in total. The molecule has 0 amide bonds. The number of nitrogens with zero attached hydrogens (tertiary/aromatic N) is 4. The van der Waals surface area contributed by atoms with Crippen molar-refractivity contribution in [1.82, 2.24) is 18.3 Å². The number of para-hydroxylation sites is 8. The van der Waals surface area contributed by atoms with E-state index in [0.29, 0.717) is 0 Å². The van der Waals surface area contributed by atoms with Crippen molar-refractivity contribution in [1.29, 1.82) is 0 Å². The van der Waals surface area contributed by atoms with E-state index in [-0.39, 0.29) is 13.4 Å². The van der Waals surface area contributed by atoms with Gasteiger partial charge in [-0.1, -0.05) is 152 Å². The standard InChI is InChI=1S/C66H36B2N4O2/c1-9-25-48-38(17-1)39-18-2-10-26-49(39)69(48)37-33-55-62-58(34-37)73-57-32-16-8-24-46(57)68(62)47-35-43-60-54(70-50-27-11-3-19-40(50)41-20-4-12-28-51(41)70)36-59-63-66(60)72(64(43)61-42-21-5-13-29-52(42)71(55)65(47)61)53-30-14-6-22-44(53)67(63)45-23-7-15-31-56(45)74-59/h1-36H. The molecule has 0 atom stereocenters. The number of ether oxygens (including phenoxy) is 2. The molecule has 0 saturated heterocycles. The molecule has 0 saturated carbocycles. The Balaban J connectivity index is 1.04. The second-order valence-corrected chi connectivity index (χ2v) is 20.6.